The predicted molar refractivity (Wildman–Crippen MR) is 73.8 cm³/mol. The fourth-order valence-electron chi connectivity index (χ4n) is 1.61. The van der Waals surface area contributed by atoms with Crippen molar-refractivity contribution in [3.05, 3.63) is 35.9 Å². The molecular weight excluding hydrogens is 260 g/mol. The van der Waals surface area contributed by atoms with Crippen molar-refractivity contribution in [2.75, 3.05) is 13.9 Å². The van der Waals surface area contributed by atoms with E-state index < -0.39 is 18.2 Å². The van der Waals surface area contributed by atoms with Crippen LogP contribution in [0, 0.1) is 5.92 Å². The topological polar surface area (TPSA) is 65.0 Å². The highest BCUT2D eigenvalue weighted by molar-refractivity contribution is 5.75. The number of ether oxygens (including phenoxy) is 3. The van der Waals surface area contributed by atoms with Gasteiger partial charge in [-0.05, 0) is 11.5 Å². The molecule has 1 aromatic rings. The van der Waals surface area contributed by atoms with E-state index in [0.29, 0.717) is 0 Å². The first-order valence-corrected chi connectivity index (χ1v) is 6.55. The third-order valence-electron chi connectivity index (χ3n) is 2.81. The quantitative estimate of drug-likeness (QED) is 0.581. The van der Waals surface area contributed by atoms with Crippen molar-refractivity contribution in [3.8, 4) is 0 Å². The lowest BCUT2D eigenvalue weighted by Crippen LogP contribution is -2.41. The van der Waals surface area contributed by atoms with Gasteiger partial charge in [0.1, 0.15) is 13.4 Å². The zero-order chi connectivity index (χ0) is 15.0. The summed E-state index contributed by atoms with van der Waals surface area (Å²) in [4.78, 5) is 12.0. The maximum Gasteiger partial charge on any atom is 0.338 e. The van der Waals surface area contributed by atoms with Gasteiger partial charge in [-0.1, -0.05) is 44.2 Å². The van der Waals surface area contributed by atoms with E-state index in [4.69, 9.17) is 14.2 Å². The van der Waals surface area contributed by atoms with Gasteiger partial charge in [-0.25, -0.2) is 4.79 Å². The van der Waals surface area contributed by atoms with Crippen molar-refractivity contribution in [1.82, 2.24) is 0 Å². The van der Waals surface area contributed by atoms with Gasteiger partial charge in [-0.3, -0.25) is 0 Å². The number of methoxy groups -OCH3 is 1. The molecule has 0 heterocycles. The van der Waals surface area contributed by atoms with Crippen LogP contribution in [0.5, 0.6) is 0 Å². The Morgan fingerprint density at radius 2 is 1.90 bits per heavy atom. The first kappa shape index (κ1) is 16.6. The number of rotatable bonds is 8. The summed E-state index contributed by atoms with van der Waals surface area (Å²) < 4.78 is 15.2. The van der Waals surface area contributed by atoms with E-state index >= 15 is 0 Å². The average Bonchev–Trinajstić information content (AvgIpc) is 2.46. The van der Waals surface area contributed by atoms with E-state index in [1.807, 2.05) is 30.3 Å². The molecule has 0 aromatic heterocycles. The molecule has 0 saturated heterocycles. The van der Waals surface area contributed by atoms with Crippen LogP contribution in [0.3, 0.4) is 0 Å². The van der Waals surface area contributed by atoms with E-state index in [1.165, 1.54) is 7.11 Å². The maximum absolute atomic E-state index is 12.0. The molecule has 0 fully saturated rings. The number of hydrogen-bond donors (Lipinski definition) is 1. The Hall–Kier alpha value is -1.43. The number of carbonyl (C=O) groups excluding carboxylic acids is 1. The highest BCUT2D eigenvalue weighted by atomic mass is 16.7. The Balaban J connectivity index is 2.58. The molecule has 1 aromatic carbocycles. The standard InChI is InChI=1S/C15H22O5/c1-11(2)13(16)14(20-10-18-3)15(17)19-9-12-7-5-4-6-8-12/h4-8,11,13-14,16H,9-10H2,1-3H3. The molecular formula is C15H22O5. The van der Waals surface area contributed by atoms with Crippen LogP contribution in [0.4, 0.5) is 0 Å². The molecule has 0 aliphatic heterocycles. The number of aliphatic hydroxyl groups excluding tert-OH is 1. The second-order valence-electron chi connectivity index (χ2n) is 4.82. The predicted octanol–water partition coefficient (Wildman–Crippen LogP) is 1.74. The largest absolute Gasteiger partial charge is 0.459 e. The number of carbonyl (C=O) groups is 1. The molecule has 1 N–H and O–H groups in total. The van der Waals surface area contributed by atoms with Gasteiger partial charge in [0, 0.05) is 7.11 Å². The maximum atomic E-state index is 12.0. The van der Waals surface area contributed by atoms with Crippen LogP contribution in [-0.2, 0) is 25.6 Å². The van der Waals surface area contributed by atoms with Crippen LogP contribution in [0.1, 0.15) is 19.4 Å². The molecule has 20 heavy (non-hydrogen) atoms. The van der Waals surface area contributed by atoms with Crippen LogP contribution in [0.25, 0.3) is 0 Å². The number of benzene rings is 1. The summed E-state index contributed by atoms with van der Waals surface area (Å²) >= 11 is 0. The molecule has 112 valence electrons. The fraction of sp³-hybridized carbons (Fsp3) is 0.533. The number of aliphatic hydroxyl groups is 1. The minimum absolute atomic E-state index is 0.0745. The Bertz CT molecular complexity index is 391. The highest BCUT2D eigenvalue weighted by Crippen LogP contribution is 2.13. The first-order chi connectivity index (χ1) is 9.56. The van der Waals surface area contributed by atoms with Crippen molar-refractivity contribution in [3.63, 3.8) is 0 Å². The van der Waals surface area contributed by atoms with Crippen LogP contribution in [0.15, 0.2) is 30.3 Å². The lowest BCUT2D eigenvalue weighted by atomic mass is 10.0. The molecule has 0 aliphatic rings. The van der Waals surface area contributed by atoms with Gasteiger partial charge in [-0.15, -0.1) is 0 Å². The van der Waals surface area contributed by atoms with Gasteiger partial charge >= 0.3 is 5.97 Å². The van der Waals surface area contributed by atoms with E-state index in [-0.39, 0.29) is 19.3 Å². The Morgan fingerprint density at radius 1 is 1.25 bits per heavy atom. The van der Waals surface area contributed by atoms with Crippen molar-refractivity contribution in [2.45, 2.75) is 32.7 Å². The summed E-state index contributed by atoms with van der Waals surface area (Å²) in [6.07, 6.45) is -1.98. The fourth-order valence-corrected chi connectivity index (χ4v) is 1.61. The monoisotopic (exact) mass is 282 g/mol. The average molecular weight is 282 g/mol. The molecule has 0 amide bonds. The van der Waals surface area contributed by atoms with E-state index in [2.05, 4.69) is 0 Å². The van der Waals surface area contributed by atoms with Gasteiger partial charge in [0.15, 0.2) is 6.10 Å². The second kappa shape index (κ2) is 8.68. The number of esters is 1. The normalized spacial score (nSPS) is 14.1. The summed E-state index contributed by atoms with van der Waals surface area (Å²) in [6.45, 7) is 3.68. The van der Waals surface area contributed by atoms with Gasteiger partial charge in [0.05, 0.1) is 6.10 Å². The lowest BCUT2D eigenvalue weighted by molar-refractivity contribution is -0.180. The van der Waals surface area contributed by atoms with Gasteiger partial charge in [0.25, 0.3) is 0 Å². The van der Waals surface area contributed by atoms with E-state index in [9.17, 15) is 9.90 Å². The van der Waals surface area contributed by atoms with Crippen molar-refractivity contribution >= 4 is 5.97 Å². The summed E-state index contributed by atoms with van der Waals surface area (Å²) in [5.74, 6) is -0.715. The zero-order valence-corrected chi connectivity index (χ0v) is 12.1. The van der Waals surface area contributed by atoms with Gasteiger partial charge < -0.3 is 19.3 Å². The Labute approximate surface area is 119 Å². The molecule has 0 aliphatic carbocycles. The molecule has 2 unspecified atom stereocenters. The zero-order valence-electron chi connectivity index (χ0n) is 12.1. The Morgan fingerprint density at radius 3 is 2.45 bits per heavy atom. The summed E-state index contributed by atoms with van der Waals surface area (Å²) in [7, 11) is 1.45. The van der Waals surface area contributed by atoms with E-state index in [0.717, 1.165) is 5.56 Å². The molecule has 0 saturated carbocycles. The van der Waals surface area contributed by atoms with Crippen LogP contribution >= 0.6 is 0 Å². The minimum atomic E-state index is -1.04. The van der Waals surface area contributed by atoms with Crippen LogP contribution in [-0.4, -0.2) is 37.2 Å². The molecule has 1 rings (SSSR count). The van der Waals surface area contributed by atoms with Gasteiger partial charge in [-0.2, -0.15) is 0 Å². The smallest absolute Gasteiger partial charge is 0.338 e. The van der Waals surface area contributed by atoms with Gasteiger partial charge in [0.2, 0.25) is 0 Å². The second-order valence-corrected chi connectivity index (χ2v) is 4.82. The molecule has 5 heteroatoms. The summed E-state index contributed by atoms with van der Waals surface area (Å²) in [6, 6.07) is 9.34. The molecule has 0 bridgehead atoms. The first-order valence-electron chi connectivity index (χ1n) is 6.55. The number of hydrogen-bond acceptors (Lipinski definition) is 5. The molecule has 2 atom stereocenters. The Kier molecular flexibility index (Phi) is 7.22. The van der Waals surface area contributed by atoms with Crippen molar-refractivity contribution in [2.24, 2.45) is 5.92 Å². The lowest BCUT2D eigenvalue weighted by Gasteiger charge is -2.24. The summed E-state index contributed by atoms with van der Waals surface area (Å²) in [5, 5.41) is 10.00. The van der Waals surface area contributed by atoms with Crippen LogP contribution in [0.2, 0.25) is 0 Å². The molecule has 0 spiro atoms. The third kappa shape index (κ3) is 5.28. The highest BCUT2D eigenvalue weighted by Gasteiger charge is 2.31. The SMILES string of the molecule is COCOC(C(=O)OCc1ccccc1)C(O)C(C)C. The van der Waals surface area contributed by atoms with Crippen molar-refractivity contribution in [1.29, 1.82) is 0 Å². The van der Waals surface area contributed by atoms with Crippen molar-refractivity contribution < 1.29 is 24.1 Å². The molecule has 5 nitrogen and oxygen atoms in total. The van der Waals surface area contributed by atoms with E-state index in [1.54, 1.807) is 13.8 Å². The van der Waals surface area contributed by atoms with Crippen LogP contribution < -0.4 is 0 Å². The summed E-state index contributed by atoms with van der Waals surface area (Å²) in [5.41, 5.74) is 0.880. The molecule has 0 radical (unpaired) electrons. The third-order valence-corrected chi connectivity index (χ3v) is 2.81. The minimum Gasteiger partial charge on any atom is -0.459 e.